The minimum Gasteiger partial charge on any atom is -0.485 e. The molecule has 3 heteroatoms. The average Bonchev–Trinajstić information content (AvgIpc) is 2.47. The predicted octanol–water partition coefficient (Wildman–Crippen LogP) is 4.65. The van der Waals surface area contributed by atoms with Crippen LogP contribution in [0.1, 0.15) is 5.56 Å². The Balaban J connectivity index is 1.91. The van der Waals surface area contributed by atoms with E-state index in [-0.39, 0.29) is 0 Å². The molecule has 0 atom stereocenters. The summed E-state index contributed by atoms with van der Waals surface area (Å²) in [4.78, 5) is 0. The lowest BCUT2D eigenvalue weighted by molar-refractivity contribution is 0.309. The second-order valence-electron chi connectivity index (χ2n) is 4.59. The number of ether oxygens (including phenoxy) is 1. The van der Waals surface area contributed by atoms with Crippen LogP contribution in [0.5, 0.6) is 5.75 Å². The summed E-state index contributed by atoms with van der Waals surface area (Å²) in [6.07, 6.45) is 0. The lowest BCUT2D eigenvalue weighted by Gasteiger charge is -2.12. The summed E-state index contributed by atoms with van der Waals surface area (Å²) in [7, 11) is 0. The molecule has 0 unspecified atom stereocenters. The molecule has 0 heterocycles. The smallest absolute Gasteiger partial charge is 0.161 e. The summed E-state index contributed by atoms with van der Waals surface area (Å²) in [5.41, 5.74) is 7.56. The molecule has 2 N–H and O–H groups in total. The number of para-hydroxylation sites is 1. The zero-order valence-corrected chi connectivity index (χ0v) is 11.6. The second-order valence-corrected chi connectivity index (χ2v) is 4.99. The van der Waals surface area contributed by atoms with Gasteiger partial charge in [-0.05, 0) is 28.5 Å². The fourth-order valence-electron chi connectivity index (χ4n) is 2.25. The van der Waals surface area contributed by atoms with Crippen LogP contribution in [0.25, 0.3) is 10.8 Å². The molecule has 0 aliphatic rings. The maximum atomic E-state index is 6.11. The first-order chi connectivity index (χ1) is 9.75. The second kappa shape index (κ2) is 5.43. The molecule has 0 bridgehead atoms. The third kappa shape index (κ3) is 2.43. The van der Waals surface area contributed by atoms with E-state index in [0.29, 0.717) is 23.1 Å². The molecule has 0 aromatic heterocycles. The van der Waals surface area contributed by atoms with Crippen LogP contribution in [0, 0.1) is 0 Å². The van der Waals surface area contributed by atoms with Crippen LogP contribution in [0.4, 0.5) is 5.69 Å². The first kappa shape index (κ1) is 12.8. The largest absolute Gasteiger partial charge is 0.485 e. The minimum absolute atomic E-state index is 0.440. The van der Waals surface area contributed by atoms with Gasteiger partial charge in [0, 0.05) is 0 Å². The van der Waals surface area contributed by atoms with Gasteiger partial charge >= 0.3 is 0 Å². The van der Waals surface area contributed by atoms with Gasteiger partial charge in [-0.25, -0.2) is 0 Å². The molecule has 0 aliphatic carbocycles. The van der Waals surface area contributed by atoms with Crippen LogP contribution >= 0.6 is 11.6 Å². The highest BCUT2D eigenvalue weighted by molar-refractivity contribution is 6.32. The number of anilines is 1. The number of hydrogen-bond acceptors (Lipinski definition) is 2. The average molecular weight is 284 g/mol. The molecule has 20 heavy (non-hydrogen) atoms. The molecule has 3 aromatic carbocycles. The number of hydrogen-bond donors (Lipinski definition) is 1. The number of nitrogens with two attached hydrogens (primary N) is 1. The predicted molar refractivity (Wildman–Crippen MR) is 84.1 cm³/mol. The van der Waals surface area contributed by atoms with Gasteiger partial charge in [-0.2, -0.15) is 0 Å². The van der Waals surface area contributed by atoms with E-state index in [1.807, 2.05) is 24.3 Å². The van der Waals surface area contributed by atoms with E-state index < -0.39 is 0 Å². The van der Waals surface area contributed by atoms with Gasteiger partial charge in [0.25, 0.3) is 0 Å². The molecule has 0 saturated heterocycles. The number of benzene rings is 3. The molecular weight excluding hydrogens is 270 g/mol. The van der Waals surface area contributed by atoms with Crippen LogP contribution in [-0.2, 0) is 6.61 Å². The molecule has 0 amide bonds. The van der Waals surface area contributed by atoms with Crippen molar-refractivity contribution in [3.8, 4) is 5.75 Å². The summed E-state index contributed by atoms with van der Waals surface area (Å²) in [6, 6.07) is 19.7. The highest BCUT2D eigenvalue weighted by atomic mass is 35.5. The van der Waals surface area contributed by atoms with Crippen molar-refractivity contribution in [2.24, 2.45) is 0 Å². The van der Waals surface area contributed by atoms with Gasteiger partial charge in [0.2, 0.25) is 0 Å². The van der Waals surface area contributed by atoms with Gasteiger partial charge in [-0.1, -0.05) is 60.1 Å². The van der Waals surface area contributed by atoms with Gasteiger partial charge in [0.1, 0.15) is 6.61 Å². The highest BCUT2D eigenvalue weighted by Crippen LogP contribution is 2.31. The maximum Gasteiger partial charge on any atom is 0.161 e. The van der Waals surface area contributed by atoms with E-state index in [2.05, 4.69) is 24.3 Å². The molecule has 0 spiro atoms. The van der Waals surface area contributed by atoms with Gasteiger partial charge in [-0.3, -0.25) is 0 Å². The molecule has 0 saturated carbocycles. The molecule has 0 aliphatic heterocycles. The van der Waals surface area contributed by atoms with Crippen molar-refractivity contribution in [2.75, 3.05) is 5.73 Å². The summed E-state index contributed by atoms with van der Waals surface area (Å²) >= 11 is 6.11. The van der Waals surface area contributed by atoms with Gasteiger partial charge in [0.15, 0.2) is 5.75 Å². The van der Waals surface area contributed by atoms with Crippen molar-refractivity contribution in [1.29, 1.82) is 0 Å². The third-order valence-corrected chi connectivity index (χ3v) is 3.55. The zero-order chi connectivity index (χ0) is 13.9. The number of fused-ring (bicyclic) bond motifs is 1. The van der Waals surface area contributed by atoms with Crippen molar-refractivity contribution in [3.63, 3.8) is 0 Å². The van der Waals surface area contributed by atoms with Crippen LogP contribution in [0.2, 0.25) is 5.02 Å². The van der Waals surface area contributed by atoms with E-state index >= 15 is 0 Å². The van der Waals surface area contributed by atoms with E-state index in [1.54, 1.807) is 12.1 Å². The fourth-order valence-corrected chi connectivity index (χ4v) is 2.48. The Hall–Kier alpha value is -2.19. The Labute approximate surface area is 122 Å². The van der Waals surface area contributed by atoms with Crippen LogP contribution < -0.4 is 10.5 Å². The molecule has 0 fully saturated rings. The minimum atomic E-state index is 0.440. The molecule has 3 aromatic rings. The number of rotatable bonds is 3. The first-order valence-corrected chi connectivity index (χ1v) is 6.77. The summed E-state index contributed by atoms with van der Waals surface area (Å²) < 4.78 is 5.80. The quantitative estimate of drug-likeness (QED) is 0.710. The Morgan fingerprint density at radius 3 is 2.50 bits per heavy atom. The van der Waals surface area contributed by atoms with Crippen molar-refractivity contribution in [1.82, 2.24) is 0 Å². The van der Waals surface area contributed by atoms with Crippen molar-refractivity contribution < 1.29 is 4.74 Å². The lowest BCUT2D eigenvalue weighted by atomic mass is 10.1. The Bertz CT molecular complexity index is 729. The topological polar surface area (TPSA) is 35.2 Å². The molecule has 100 valence electrons. The summed E-state index contributed by atoms with van der Waals surface area (Å²) in [5.74, 6) is 0.544. The van der Waals surface area contributed by atoms with Gasteiger partial charge in [-0.15, -0.1) is 0 Å². The maximum absolute atomic E-state index is 6.11. The van der Waals surface area contributed by atoms with Gasteiger partial charge < -0.3 is 10.5 Å². The highest BCUT2D eigenvalue weighted by Gasteiger charge is 2.07. The zero-order valence-electron chi connectivity index (χ0n) is 10.8. The molecular formula is C17H14ClNO. The normalized spacial score (nSPS) is 10.7. The monoisotopic (exact) mass is 283 g/mol. The molecule has 0 radical (unpaired) electrons. The molecule has 2 nitrogen and oxygen atoms in total. The van der Waals surface area contributed by atoms with E-state index in [9.17, 15) is 0 Å². The summed E-state index contributed by atoms with van der Waals surface area (Å²) in [6.45, 7) is 0.440. The lowest BCUT2D eigenvalue weighted by Crippen LogP contribution is -2.00. The van der Waals surface area contributed by atoms with Crippen LogP contribution in [0.3, 0.4) is 0 Å². The van der Waals surface area contributed by atoms with Crippen molar-refractivity contribution >= 4 is 28.1 Å². The SMILES string of the molecule is Nc1cccc(Cl)c1OCc1cccc2ccccc12. The van der Waals surface area contributed by atoms with E-state index in [1.165, 1.54) is 10.8 Å². The number of nitrogen functional groups attached to an aromatic ring is 1. The van der Waals surface area contributed by atoms with Crippen molar-refractivity contribution in [3.05, 3.63) is 71.2 Å². The third-order valence-electron chi connectivity index (χ3n) is 3.25. The Kier molecular flexibility index (Phi) is 3.48. The Morgan fingerprint density at radius 1 is 0.900 bits per heavy atom. The Morgan fingerprint density at radius 2 is 1.65 bits per heavy atom. The van der Waals surface area contributed by atoms with E-state index in [4.69, 9.17) is 22.1 Å². The summed E-state index contributed by atoms with van der Waals surface area (Å²) in [5, 5.41) is 2.91. The van der Waals surface area contributed by atoms with Gasteiger partial charge in [0.05, 0.1) is 10.7 Å². The number of halogens is 1. The van der Waals surface area contributed by atoms with Crippen LogP contribution in [-0.4, -0.2) is 0 Å². The standard InChI is InChI=1S/C17H14ClNO/c18-15-9-4-10-16(19)17(15)20-11-13-7-3-6-12-5-1-2-8-14(12)13/h1-10H,11,19H2. The van der Waals surface area contributed by atoms with Crippen molar-refractivity contribution in [2.45, 2.75) is 6.61 Å². The fraction of sp³-hybridized carbons (Fsp3) is 0.0588. The van der Waals surface area contributed by atoms with Crippen LogP contribution in [0.15, 0.2) is 60.7 Å². The molecule has 3 rings (SSSR count). The van der Waals surface area contributed by atoms with E-state index in [0.717, 1.165) is 5.56 Å². The first-order valence-electron chi connectivity index (χ1n) is 6.39.